The van der Waals surface area contributed by atoms with E-state index in [4.69, 9.17) is 9.84 Å². The van der Waals surface area contributed by atoms with Gasteiger partial charge in [0.1, 0.15) is 0 Å². The fraction of sp³-hybridized carbons (Fsp3) is 0.500. The predicted octanol–water partition coefficient (Wildman–Crippen LogP) is 1.46. The van der Waals surface area contributed by atoms with Gasteiger partial charge in [-0.3, -0.25) is 4.79 Å². The highest BCUT2D eigenvalue weighted by molar-refractivity contribution is 5.67. The molecule has 0 saturated heterocycles. The second-order valence-electron chi connectivity index (χ2n) is 4.98. The molecule has 2 unspecified atom stereocenters. The predicted molar refractivity (Wildman–Crippen MR) is 70.1 cm³/mol. The molecular weight excluding hydrogens is 265 g/mol. The molecule has 5 nitrogen and oxygen atoms in total. The van der Waals surface area contributed by atoms with Gasteiger partial charge in [-0.2, -0.15) is 0 Å². The van der Waals surface area contributed by atoms with Crippen molar-refractivity contribution in [3.8, 4) is 5.75 Å². The summed E-state index contributed by atoms with van der Waals surface area (Å²) < 4.78 is 18.5. The standard InChI is InChI=1S/C14H18FNO4/c1-20-12-5-2-8(6-10(12)15)14(19)11(7-13(17)18)16-9-3-4-9/h2,5-6,9,11,14,16,19H,3-4,7H2,1H3,(H,17,18). The fourth-order valence-corrected chi connectivity index (χ4v) is 2.10. The van der Waals surface area contributed by atoms with Gasteiger partial charge in [0.05, 0.1) is 19.6 Å². The minimum Gasteiger partial charge on any atom is -0.494 e. The molecule has 1 saturated carbocycles. The number of carbonyl (C=O) groups is 1. The number of carboxylic acid groups (broad SMARTS) is 1. The quantitative estimate of drug-likeness (QED) is 0.706. The van der Waals surface area contributed by atoms with Gasteiger partial charge in [0.15, 0.2) is 11.6 Å². The number of halogens is 1. The second kappa shape index (κ2) is 6.19. The molecule has 0 heterocycles. The van der Waals surface area contributed by atoms with Crippen molar-refractivity contribution < 1.29 is 24.1 Å². The third-order valence-corrected chi connectivity index (χ3v) is 3.32. The molecule has 1 aromatic carbocycles. The van der Waals surface area contributed by atoms with Crippen LogP contribution >= 0.6 is 0 Å². The first-order valence-electron chi connectivity index (χ1n) is 6.50. The lowest BCUT2D eigenvalue weighted by Gasteiger charge is -2.23. The Kier molecular flexibility index (Phi) is 4.57. The van der Waals surface area contributed by atoms with Crippen molar-refractivity contribution in [3.05, 3.63) is 29.6 Å². The number of hydrogen-bond donors (Lipinski definition) is 3. The van der Waals surface area contributed by atoms with Gasteiger partial charge in [-0.25, -0.2) is 4.39 Å². The molecule has 0 aliphatic heterocycles. The number of benzene rings is 1. The third-order valence-electron chi connectivity index (χ3n) is 3.32. The van der Waals surface area contributed by atoms with E-state index in [-0.39, 0.29) is 18.2 Å². The molecule has 0 radical (unpaired) electrons. The number of aliphatic hydroxyl groups is 1. The second-order valence-corrected chi connectivity index (χ2v) is 4.98. The molecule has 2 atom stereocenters. The van der Waals surface area contributed by atoms with E-state index in [0.29, 0.717) is 5.56 Å². The average molecular weight is 283 g/mol. The van der Waals surface area contributed by atoms with E-state index < -0.39 is 23.9 Å². The molecule has 3 N–H and O–H groups in total. The number of aliphatic hydroxyl groups excluding tert-OH is 1. The van der Waals surface area contributed by atoms with Crippen molar-refractivity contribution in [3.63, 3.8) is 0 Å². The molecule has 0 amide bonds. The molecule has 110 valence electrons. The SMILES string of the molecule is COc1ccc(C(O)C(CC(=O)O)NC2CC2)cc1F. The van der Waals surface area contributed by atoms with Crippen LogP contribution in [0, 0.1) is 5.82 Å². The van der Waals surface area contributed by atoms with Gasteiger partial charge >= 0.3 is 5.97 Å². The van der Waals surface area contributed by atoms with E-state index in [1.54, 1.807) is 0 Å². The molecule has 6 heteroatoms. The summed E-state index contributed by atoms with van der Waals surface area (Å²) in [6.07, 6.45) is 0.650. The molecule has 0 aromatic heterocycles. The first kappa shape index (κ1) is 14.7. The van der Waals surface area contributed by atoms with Crippen molar-refractivity contribution in [2.75, 3.05) is 7.11 Å². The van der Waals surface area contributed by atoms with Crippen LogP contribution in [0.1, 0.15) is 30.9 Å². The Hall–Kier alpha value is -1.66. The van der Waals surface area contributed by atoms with Crippen LogP contribution in [0.25, 0.3) is 0 Å². The van der Waals surface area contributed by atoms with Gasteiger partial charge in [0.2, 0.25) is 0 Å². The van der Waals surface area contributed by atoms with Crippen LogP contribution < -0.4 is 10.1 Å². The van der Waals surface area contributed by atoms with Crippen molar-refractivity contribution in [1.82, 2.24) is 5.32 Å². The first-order valence-corrected chi connectivity index (χ1v) is 6.50. The summed E-state index contributed by atoms with van der Waals surface area (Å²) >= 11 is 0. The molecule has 1 fully saturated rings. The lowest BCUT2D eigenvalue weighted by molar-refractivity contribution is -0.138. The zero-order valence-electron chi connectivity index (χ0n) is 11.2. The first-order chi connectivity index (χ1) is 9.51. The number of ether oxygens (including phenoxy) is 1. The zero-order valence-corrected chi connectivity index (χ0v) is 11.2. The summed E-state index contributed by atoms with van der Waals surface area (Å²) in [5.41, 5.74) is 0.336. The number of aliphatic carboxylic acids is 1. The summed E-state index contributed by atoms with van der Waals surface area (Å²) in [4.78, 5) is 10.9. The Morgan fingerprint density at radius 1 is 1.55 bits per heavy atom. The summed E-state index contributed by atoms with van der Waals surface area (Å²) in [6.45, 7) is 0. The monoisotopic (exact) mass is 283 g/mol. The number of methoxy groups -OCH3 is 1. The minimum absolute atomic E-state index is 0.0888. The van der Waals surface area contributed by atoms with E-state index in [1.165, 1.54) is 25.3 Å². The molecule has 2 rings (SSSR count). The summed E-state index contributed by atoms with van der Waals surface area (Å²) in [7, 11) is 1.36. The highest BCUT2D eigenvalue weighted by atomic mass is 19.1. The lowest BCUT2D eigenvalue weighted by Crippen LogP contribution is -2.38. The van der Waals surface area contributed by atoms with Crippen LogP contribution in [0.4, 0.5) is 4.39 Å². The van der Waals surface area contributed by atoms with Crippen molar-refractivity contribution in [1.29, 1.82) is 0 Å². The zero-order chi connectivity index (χ0) is 14.7. The summed E-state index contributed by atoms with van der Waals surface area (Å²) in [5, 5.41) is 22.2. The maximum absolute atomic E-state index is 13.6. The summed E-state index contributed by atoms with van der Waals surface area (Å²) in [6, 6.07) is 3.75. The largest absolute Gasteiger partial charge is 0.494 e. The molecule has 20 heavy (non-hydrogen) atoms. The Balaban J connectivity index is 2.14. The molecule has 0 bridgehead atoms. The highest BCUT2D eigenvalue weighted by Gasteiger charge is 2.30. The topological polar surface area (TPSA) is 78.8 Å². The van der Waals surface area contributed by atoms with E-state index in [2.05, 4.69) is 5.32 Å². The summed E-state index contributed by atoms with van der Waals surface area (Å²) in [5.74, 6) is -1.49. The van der Waals surface area contributed by atoms with Crippen LogP contribution in [0.15, 0.2) is 18.2 Å². The van der Waals surface area contributed by atoms with Crippen LogP contribution in [0.3, 0.4) is 0 Å². The highest BCUT2D eigenvalue weighted by Crippen LogP contribution is 2.27. The minimum atomic E-state index is -1.08. The maximum atomic E-state index is 13.6. The number of carboxylic acids is 1. The Morgan fingerprint density at radius 2 is 2.25 bits per heavy atom. The number of rotatable bonds is 7. The van der Waals surface area contributed by atoms with Crippen molar-refractivity contribution in [2.45, 2.75) is 37.5 Å². The normalized spacial score (nSPS) is 17.6. The van der Waals surface area contributed by atoms with Crippen LogP contribution in [0.5, 0.6) is 5.75 Å². The lowest BCUT2D eigenvalue weighted by atomic mass is 9.99. The fourth-order valence-electron chi connectivity index (χ4n) is 2.10. The van der Waals surface area contributed by atoms with Gasteiger partial charge in [0.25, 0.3) is 0 Å². The van der Waals surface area contributed by atoms with Crippen LogP contribution in [-0.4, -0.2) is 35.4 Å². The van der Waals surface area contributed by atoms with Crippen molar-refractivity contribution in [2.24, 2.45) is 0 Å². The number of nitrogens with one attached hydrogen (secondary N) is 1. The molecule has 1 aromatic rings. The van der Waals surface area contributed by atoms with Gasteiger partial charge in [-0.15, -0.1) is 0 Å². The van der Waals surface area contributed by atoms with Crippen molar-refractivity contribution >= 4 is 5.97 Å². The third kappa shape index (κ3) is 3.68. The Bertz CT molecular complexity index is 490. The van der Waals surface area contributed by atoms with Gasteiger partial charge in [0, 0.05) is 12.1 Å². The molecular formula is C14H18FNO4. The number of hydrogen-bond acceptors (Lipinski definition) is 4. The average Bonchev–Trinajstić information content (AvgIpc) is 3.20. The Morgan fingerprint density at radius 3 is 2.75 bits per heavy atom. The van der Waals surface area contributed by atoms with E-state index in [1.807, 2.05) is 0 Å². The van der Waals surface area contributed by atoms with Crippen LogP contribution in [-0.2, 0) is 4.79 Å². The van der Waals surface area contributed by atoms with E-state index in [9.17, 15) is 14.3 Å². The van der Waals surface area contributed by atoms with Gasteiger partial charge in [-0.05, 0) is 30.5 Å². The van der Waals surface area contributed by atoms with E-state index >= 15 is 0 Å². The molecule has 1 aliphatic rings. The molecule has 1 aliphatic carbocycles. The maximum Gasteiger partial charge on any atom is 0.305 e. The smallest absolute Gasteiger partial charge is 0.305 e. The van der Waals surface area contributed by atoms with Gasteiger partial charge < -0.3 is 20.3 Å². The molecule has 0 spiro atoms. The van der Waals surface area contributed by atoms with Gasteiger partial charge in [-0.1, -0.05) is 6.07 Å². The van der Waals surface area contributed by atoms with E-state index in [0.717, 1.165) is 12.8 Å². The van der Waals surface area contributed by atoms with Crippen LogP contribution in [0.2, 0.25) is 0 Å². The Labute approximate surface area is 116 Å².